The summed E-state index contributed by atoms with van der Waals surface area (Å²) in [5.41, 5.74) is 2.65. The summed E-state index contributed by atoms with van der Waals surface area (Å²) in [6, 6.07) is 15.9. The van der Waals surface area contributed by atoms with Gasteiger partial charge >= 0.3 is 6.18 Å². The lowest BCUT2D eigenvalue weighted by molar-refractivity contribution is -0.137. The molecule has 0 aliphatic heterocycles. The van der Waals surface area contributed by atoms with E-state index in [1.165, 1.54) is 21.4 Å². The molecule has 0 spiro atoms. The minimum Gasteiger partial charge on any atom is -0.166 e. The Hall–Kier alpha value is -2.81. The number of benzene rings is 3. The fourth-order valence-electron chi connectivity index (χ4n) is 4.49. The summed E-state index contributed by atoms with van der Waals surface area (Å²) in [4.78, 5) is 0. The third-order valence-corrected chi connectivity index (χ3v) is 5.93. The molecule has 0 radical (unpaired) electrons. The molecular formula is C25H19F3. The molecule has 140 valence electrons. The quantitative estimate of drug-likeness (QED) is 0.469. The molecule has 0 saturated heterocycles. The zero-order chi connectivity index (χ0) is 19.3. The second-order valence-corrected chi connectivity index (χ2v) is 7.58. The van der Waals surface area contributed by atoms with Gasteiger partial charge in [0.15, 0.2) is 0 Å². The molecule has 5 rings (SSSR count). The van der Waals surface area contributed by atoms with E-state index in [1.807, 2.05) is 6.07 Å². The smallest absolute Gasteiger partial charge is 0.166 e. The van der Waals surface area contributed by atoms with Gasteiger partial charge in [-0.3, -0.25) is 0 Å². The van der Waals surface area contributed by atoms with Gasteiger partial charge in [0.2, 0.25) is 0 Å². The van der Waals surface area contributed by atoms with E-state index >= 15 is 0 Å². The molecular weight excluding hydrogens is 357 g/mol. The van der Waals surface area contributed by atoms with Crippen LogP contribution in [-0.4, -0.2) is 0 Å². The lowest BCUT2D eigenvalue weighted by Crippen LogP contribution is -2.33. The minimum atomic E-state index is -4.30. The van der Waals surface area contributed by atoms with Crippen molar-refractivity contribution in [3.05, 3.63) is 82.8 Å². The number of hydrogen-bond acceptors (Lipinski definition) is 0. The summed E-state index contributed by atoms with van der Waals surface area (Å²) in [5.74, 6) is 0.533. The van der Waals surface area contributed by atoms with E-state index in [0.717, 1.165) is 47.9 Å². The molecule has 0 amide bonds. The van der Waals surface area contributed by atoms with Crippen molar-refractivity contribution in [2.45, 2.75) is 25.4 Å². The Morgan fingerprint density at radius 3 is 2.43 bits per heavy atom. The Balaban J connectivity index is 1.62. The maximum absolute atomic E-state index is 12.8. The molecule has 0 heterocycles. The van der Waals surface area contributed by atoms with Crippen molar-refractivity contribution in [2.24, 2.45) is 5.92 Å². The van der Waals surface area contributed by atoms with Gasteiger partial charge in [0.25, 0.3) is 0 Å². The first kappa shape index (κ1) is 17.3. The first-order chi connectivity index (χ1) is 13.5. The number of hydrogen-bond donors (Lipinski definition) is 0. The fraction of sp³-hybridized carbons (Fsp3) is 0.200. The van der Waals surface area contributed by atoms with E-state index in [2.05, 4.69) is 42.5 Å². The van der Waals surface area contributed by atoms with Crippen LogP contribution in [0.5, 0.6) is 0 Å². The minimum absolute atomic E-state index is 0.533. The van der Waals surface area contributed by atoms with Crippen molar-refractivity contribution in [3.63, 3.8) is 0 Å². The van der Waals surface area contributed by atoms with Crippen LogP contribution in [0.1, 0.15) is 24.8 Å². The zero-order valence-corrected chi connectivity index (χ0v) is 15.3. The van der Waals surface area contributed by atoms with Crippen LogP contribution in [0.15, 0.2) is 66.7 Å². The van der Waals surface area contributed by atoms with Crippen molar-refractivity contribution in [3.8, 4) is 11.1 Å². The van der Waals surface area contributed by atoms with Gasteiger partial charge in [-0.05, 0) is 69.8 Å². The fourth-order valence-corrected chi connectivity index (χ4v) is 4.49. The van der Waals surface area contributed by atoms with Crippen molar-refractivity contribution in [2.75, 3.05) is 0 Å². The summed E-state index contributed by atoms with van der Waals surface area (Å²) in [7, 11) is 0. The topological polar surface area (TPSA) is 0 Å². The normalized spacial score (nSPS) is 18.5. The van der Waals surface area contributed by atoms with E-state index in [-0.39, 0.29) is 0 Å². The van der Waals surface area contributed by atoms with Gasteiger partial charge in [0, 0.05) is 5.92 Å². The van der Waals surface area contributed by atoms with Gasteiger partial charge in [0.1, 0.15) is 0 Å². The molecule has 3 aromatic rings. The number of rotatable bonds is 1. The summed E-state index contributed by atoms with van der Waals surface area (Å²) in [6.45, 7) is 0. The summed E-state index contributed by atoms with van der Waals surface area (Å²) >= 11 is 0. The largest absolute Gasteiger partial charge is 0.416 e. The predicted octanol–water partition coefficient (Wildman–Crippen LogP) is 5.83. The lowest BCUT2D eigenvalue weighted by atomic mass is 9.81. The third-order valence-electron chi connectivity index (χ3n) is 5.93. The molecule has 3 heteroatoms. The number of allylic oxidation sites excluding steroid dienone is 2. The second-order valence-electron chi connectivity index (χ2n) is 7.58. The Bertz CT molecular complexity index is 1210. The average Bonchev–Trinajstić information content (AvgIpc) is 2.72. The lowest BCUT2D eigenvalue weighted by Gasteiger charge is -2.23. The van der Waals surface area contributed by atoms with Gasteiger partial charge in [-0.15, -0.1) is 0 Å². The first-order valence-corrected chi connectivity index (χ1v) is 9.61. The highest BCUT2D eigenvalue weighted by atomic mass is 19.4. The number of halogens is 3. The maximum atomic E-state index is 12.8. The molecule has 2 aliphatic rings. The zero-order valence-electron chi connectivity index (χ0n) is 15.3. The Kier molecular flexibility index (Phi) is 3.94. The molecule has 3 aromatic carbocycles. The maximum Gasteiger partial charge on any atom is 0.416 e. The van der Waals surface area contributed by atoms with Crippen LogP contribution in [0.4, 0.5) is 13.2 Å². The van der Waals surface area contributed by atoms with Crippen molar-refractivity contribution in [1.29, 1.82) is 0 Å². The van der Waals surface area contributed by atoms with Gasteiger partial charge in [0.05, 0.1) is 5.56 Å². The highest BCUT2D eigenvalue weighted by Crippen LogP contribution is 2.32. The first-order valence-electron chi connectivity index (χ1n) is 9.61. The van der Waals surface area contributed by atoms with Crippen molar-refractivity contribution in [1.82, 2.24) is 0 Å². The SMILES string of the molecule is FC(F)(F)c1ccc(-c2ccc3c4c(ccc3c2)=C2CCC=CC2CC=4)cc1. The van der Waals surface area contributed by atoms with Crippen LogP contribution in [0.2, 0.25) is 0 Å². The van der Waals surface area contributed by atoms with Crippen molar-refractivity contribution >= 4 is 22.4 Å². The van der Waals surface area contributed by atoms with Gasteiger partial charge < -0.3 is 0 Å². The van der Waals surface area contributed by atoms with E-state index in [9.17, 15) is 13.2 Å². The van der Waals surface area contributed by atoms with Crippen LogP contribution in [0.3, 0.4) is 0 Å². The monoisotopic (exact) mass is 376 g/mol. The highest BCUT2D eigenvalue weighted by molar-refractivity contribution is 5.89. The number of fused-ring (bicyclic) bond motifs is 4. The van der Waals surface area contributed by atoms with E-state index in [4.69, 9.17) is 0 Å². The number of alkyl halides is 3. The van der Waals surface area contributed by atoms with Gasteiger partial charge in [-0.2, -0.15) is 13.2 Å². The van der Waals surface area contributed by atoms with E-state index in [0.29, 0.717) is 5.92 Å². The van der Waals surface area contributed by atoms with Crippen LogP contribution in [-0.2, 0) is 6.18 Å². The molecule has 0 N–H and O–H groups in total. The molecule has 1 atom stereocenters. The molecule has 0 fully saturated rings. The third kappa shape index (κ3) is 2.86. The Morgan fingerprint density at radius 2 is 1.64 bits per heavy atom. The Morgan fingerprint density at radius 1 is 0.857 bits per heavy atom. The second kappa shape index (κ2) is 6.37. The molecule has 1 unspecified atom stereocenters. The summed E-state index contributed by atoms with van der Waals surface area (Å²) < 4.78 is 38.4. The molecule has 0 bridgehead atoms. The van der Waals surface area contributed by atoms with Crippen molar-refractivity contribution < 1.29 is 13.2 Å². The van der Waals surface area contributed by atoms with E-state index < -0.39 is 11.7 Å². The molecule has 0 nitrogen and oxygen atoms in total. The summed E-state index contributed by atoms with van der Waals surface area (Å²) in [5, 5.41) is 5.00. The summed E-state index contributed by atoms with van der Waals surface area (Å²) in [6.07, 6.45) is 5.91. The van der Waals surface area contributed by atoms with Crippen LogP contribution in [0.25, 0.3) is 33.5 Å². The molecule has 28 heavy (non-hydrogen) atoms. The highest BCUT2D eigenvalue weighted by Gasteiger charge is 2.30. The van der Waals surface area contributed by atoms with Crippen LogP contribution >= 0.6 is 0 Å². The molecule has 2 aliphatic carbocycles. The average molecular weight is 376 g/mol. The van der Waals surface area contributed by atoms with Gasteiger partial charge in [-0.25, -0.2) is 0 Å². The van der Waals surface area contributed by atoms with Crippen LogP contribution in [0, 0.1) is 5.92 Å². The predicted molar refractivity (Wildman–Crippen MR) is 108 cm³/mol. The molecule has 0 aromatic heterocycles. The molecule has 0 saturated carbocycles. The van der Waals surface area contributed by atoms with Gasteiger partial charge in [-0.1, -0.05) is 60.2 Å². The standard InChI is InChI=1S/C25H19F3/c26-25(27,28)20-10-5-16(6-11-20)18-8-12-22-19(15-18)9-14-23-21-4-2-1-3-17(21)7-13-24(22)23/h1,3,5-6,8-15,17H,2,4,7H2. The Labute approximate surface area is 161 Å². The van der Waals surface area contributed by atoms with E-state index in [1.54, 1.807) is 12.1 Å². The van der Waals surface area contributed by atoms with Crippen LogP contribution < -0.4 is 10.4 Å².